The third-order valence-electron chi connectivity index (χ3n) is 5.60. The average Bonchev–Trinajstić information content (AvgIpc) is 3.37. The Morgan fingerprint density at radius 3 is 2.33 bits per heavy atom. The van der Waals surface area contributed by atoms with Crippen LogP contribution in [0.15, 0.2) is 72.4 Å². The highest BCUT2D eigenvalue weighted by Gasteiger charge is 2.21. The molecule has 4 rings (SSSR count). The quantitative estimate of drug-likeness (QED) is 0.180. The van der Waals surface area contributed by atoms with Crippen LogP contribution in [0.5, 0.6) is 0 Å². The van der Waals surface area contributed by atoms with Gasteiger partial charge in [-0.2, -0.15) is 4.57 Å². The molecule has 33 heavy (non-hydrogen) atoms. The molecule has 0 amide bonds. The first-order valence-electron chi connectivity index (χ1n) is 10.8. The molecule has 0 fully saturated rings. The normalized spacial score (nSPS) is 11.9. The number of rotatable bonds is 6. The van der Waals surface area contributed by atoms with Crippen molar-refractivity contribution in [3.05, 3.63) is 105 Å². The van der Waals surface area contributed by atoms with Crippen molar-refractivity contribution >= 4 is 45.7 Å². The van der Waals surface area contributed by atoms with Crippen molar-refractivity contribution in [3.8, 4) is 0 Å². The zero-order valence-electron chi connectivity index (χ0n) is 19.3. The SMILES string of the molecule is Cc1cc(C)cc(NC(=S)/C(=C(\[O-])c2cc(C)n(Cc3cccs3)c2C)[n+]2ccccc2)c1. The van der Waals surface area contributed by atoms with Crippen LogP contribution < -0.4 is 15.0 Å². The van der Waals surface area contributed by atoms with Crippen LogP contribution in [0.3, 0.4) is 0 Å². The Labute approximate surface area is 204 Å². The molecular formula is C27H27N3OS2. The van der Waals surface area contributed by atoms with E-state index in [0.717, 1.165) is 34.7 Å². The molecule has 3 heterocycles. The third-order valence-corrected chi connectivity index (χ3v) is 6.75. The molecule has 0 aliphatic carbocycles. The van der Waals surface area contributed by atoms with E-state index in [-0.39, 0.29) is 5.76 Å². The van der Waals surface area contributed by atoms with Gasteiger partial charge in [0.05, 0.1) is 6.54 Å². The molecule has 168 valence electrons. The Morgan fingerprint density at radius 2 is 1.70 bits per heavy atom. The summed E-state index contributed by atoms with van der Waals surface area (Å²) in [4.78, 5) is 1.65. The summed E-state index contributed by atoms with van der Waals surface area (Å²) in [7, 11) is 0. The number of hydrogen-bond donors (Lipinski definition) is 1. The summed E-state index contributed by atoms with van der Waals surface area (Å²) in [6, 6.07) is 18.0. The summed E-state index contributed by atoms with van der Waals surface area (Å²) < 4.78 is 3.98. The van der Waals surface area contributed by atoms with Gasteiger partial charge in [-0.15, -0.1) is 11.3 Å². The highest BCUT2D eigenvalue weighted by Crippen LogP contribution is 2.25. The lowest BCUT2D eigenvalue weighted by Crippen LogP contribution is -2.39. The van der Waals surface area contributed by atoms with Crippen molar-refractivity contribution in [2.75, 3.05) is 5.32 Å². The molecule has 6 heteroatoms. The number of aromatic nitrogens is 2. The summed E-state index contributed by atoms with van der Waals surface area (Å²) in [5.41, 5.74) is 6.24. The van der Waals surface area contributed by atoms with Crippen molar-refractivity contribution in [2.24, 2.45) is 0 Å². The van der Waals surface area contributed by atoms with Crippen LogP contribution in [0, 0.1) is 27.7 Å². The number of aryl methyl sites for hydroxylation is 3. The van der Waals surface area contributed by atoms with Gasteiger partial charge in [0.1, 0.15) is 0 Å². The molecule has 0 saturated carbocycles. The Bertz CT molecular complexity index is 1300. The van der Waals surface area contributed by atoms with Crippen LogP contribution in [0.4, 0.5) is 5.69 Å². The van der Waals surface area contributed by atoms with Gasteiger partial charge in [-0.25, -0.2) is 0 Å². The largest absolute Gasteiger partial charge is 0.867 e. The number of thiophene rings is 1. The second-order valence-electron chi connectivity index (χ2n) is 8.24. The van der Waals surface area contributed by atoms with Crippen LogP contribution in [0.1, 0.15) is 33.0 Å². The summed E-state index contributed by atoms with van der Waals surface area (Å²) in [6.07, 6.45) is 3.71. The maximum atomic E-state index is 13.9. The number of nitrogens with one attached hydrogen (secondary N) is 1. The van der Waals surface area contributed by atoms with Gasteiger partial charge < -0.3 is 15.0 Å². The maximum absolute atomic E-state index is 13.9. The topological polar surface area (TPSA) is 43.9 Å². The molecular weight excluding hydrogens is 446 g/mol. The van der Waals surface area contributed by atoms with Crippen molar-refractivity contribution in [1.82, 2.24) is 4.57 Å². The molecule has 0 aliphatic heterocycles. The number of hydrogen-bond acceptors (Lipinski definition) is 3. The first-order valence-corrected chi connectivity index (χ1v) is 12.1. The van der Waals surface area contributed by atoms with Gasteiger partial charge in [-0.05, 0) is 79.8 Å². The Kier molecular flexibility index (Phi) is 6.77. The number of pyridine rings is 1. The Hall–Kier alpha value is -3.22. The summed E-state index contributed by atoms with van der Waals surface area (Å²) in [5.74, 6) is -0.0985. The summed E-state index contributed by atoms with van der Waals surface area (Å²) >= 11 is 7.50. The van der Waals surface area contributed by atoms with Gasteiger partial charge in [0, 0.05) is 34.1 Å². The van der Waals surface area contributed by atoms with Crippen LogP contribution in [-0.4, -0.2) is 9.56 Å². The fourth-order valence-corrected chi connectivity index (χ4v) is 5.09. The predicted octanol–water partition coefficient (Wildman–Crippen LogP) is 5.24. The molecule has 1 aromatic carbocycles. The van der Waals surface area contributed by atoms with E-state index < -0.39 is 0 Å². The van der Waals surface area contributed by atoms with Gasteiger partial charge in [-0.1, -0.05) is 30.4 Å². The van der Waals surface area contributed by atoms with Gasteiger partial charge in [0.2, 0.25) is 5.70 Å². The predicted molar refractivity (Wildman–Crippen MR) is 139 cm³/mol. The fourth-order valence-electron chi connectivity index (χ4n) is 4.08. The lowest BCUT2D eigenvalue weighted by atomic mass is 10.1. The molecule has 0 aliphatic rings. The van der Waals surface area contributed by atoms with E-state index >= 15 is 0 Å². The average molecular weight is 474 g/mol. The molecule has 0 unspecified atom stereocenters. The highest BCUT2D eigenvalue weighted by atomic mass is 32.1. The number of thiocarbonyl (C=S) groups is 1. The van der Waals surface area contributed by atoms with Crippen molar-refractivity contribution in [2.45, 2.75) is 34.2 Å². The van der Waals surface area contributed by atoms with E-state index in [9.17, 15) is 5.11 Å². The fraction of sp³-hybridized carbons (Fsp3) is 0.185. The van der Waals surface area contributed by atoms with E-state index in [1.807, 2.05) is 76.5 Å². The molecule has 1 N–H and O–H groups in total. The lowest BCUT2D eigenvalue weighted by molar-refractivity contribution is -0.577. The second kappa shape index (κ2) is 9.73. The van der Waals surface area contributed by atoms with E-state index in [2.05, 4.69) is 33.5 Å². The second-order valence-corrected chi connectivity index (χ2v) is 9.68. The number of benzene rings is 1. The molecule has 0 radical (unpaired) electrons. The summed E-state index contributed by atoms with van der Waals surface area (Å²) in [6.45, 7) is 8.89. The standard InChI is InChI=1S/C27H27N3OS2/c1-18-13-19(2)15-22(14-18)28-27(32)25(29-10-6-5-7-11-29)26(31)24-16-20(3)30(21(24)4)17-23-9-8-12-33-23/h5-16H,17H2,1-4H3,(H-,28,31,32). The third kappa shape index (κ3) is 5.07. The van der Waals surface area contributed by atoms with Crippen molar-refractivity contribution in [1.29, 1.82) is 0 Å². The zero-order chi connectivity index (χ0) is 23.5. The minimum absolute atomic E-state index is 0.0985. The van der Waals surface area contributed by atoms with Gasteiger partial charge in [0.25, 0.3) is 0 Å². The molecule has 0 bridgehead atoms. The monoisotopic (exact) mass is 473 g/mol. The first kappa shape index (κ1) is 23.0. The molecule has 4 aromatic rings. The molecule has 0 spiro atoms. The number of nitrogens with zero attached hydrogens (tertiary/aromatic N) is 2. The summed E-state index contributed by atoms with van der Waals surface area (Å²) in [5, 5.41) is 19.3. The lowest BCUT2D eigenvalue weighted by Gasteiger charge is -2.18. The van der Waals surface area contributed by atoms with E-state index in [4.69, 9.17) is 12.2 Å². The van der Waals surface area contributed by atoms with Gasteiger partial charge >= 0.3 is 0 Å². The van der Waals surface area contributed by atoms with Crippen LogP contribution in [-0.2, 0) is 6.54 Å². The smallest absolute Gasteiger partial charge is 0.238 e. The Morgan fingerprint density at radius 1 is 1.00 bits per heavy atom. The molecule has 0 saturated heterocycles. The van der Waals surface area contributed by atoms with Crippen molar-refractivity contribution in [3.63, 3.8) is 0 Å². The molecule has 4 nitrogen and oxygen atoms in total. The maximum Gasteiger partial charge on any atom is 0.238 e. The van der Waals surface area contributed by atoms with Crippen molar-refractivity contribution < 1.29 is 9.67 Å². The first-order chi connectivity index (χ1) is 15.8. The zero-order valence-corrected chi connectivity index (χ0v) is 20.9. The number of anilines is 1. The van der Waals surface area contributed by atoms with Crippen LogP contribution >= 0.6 is 23.6 Å². The van der Waals surface area contributed by atoms with E-state index in [0.29, 0.717) is 16.2 Å². The van der Waals surface area contributed by atoms with E-state index in [1.165, 1.54) is 4.88 Å². The minimum Gasteiger partial charge on any atom is -0.867 e. The Balaban J connectivity index is 1.78. The molecule has 3 aromatic heterocycles. The van der Waals surface area contributed by atoms with Gasteiger partial charge in [0.15, 0.2) is 17.4 Å². The molecule has 0 atom stereocenters. The van der Waals surface area contributed by atoms with Gasteiger partial charge in [-0.3, -0.25) is 0 Å². The van der Waals surface area contributed by atoms with Crippen LogP contribution in [0.2, 0.25) is 0 Å². The van der Waals surface area contributed by atoms with E-state index in [1.54, 1.807) is 15.9 Å². The highest BCUT2D eigenvalue weighted by molar-refractivity contribution is 7.81. The van der Waals surface area contributed by atoms with Crippen LogP contribution in [0.25, 0.3) is 11.5 Å². The minimum atomic E-state index is -0.0985.